The molecule has 1 aromatic carbocycles. The first-order chi connectivity index (χ1) is 14.6. The topological polar surface area (TPSA) is 88.8 Å². The summed E-state index contributed by atoms with van der Waals surface area (Å²) >= 11 is 0. The van der Waals surface area contributed by atoms with Crippen molar-refractivity contribution in [3.63, 3.8) is 0 Å². The minimum Gasteiger partial charge on any atom is -0.507 e. The van der Waals surface area contributed by atoms with Crippen LogP contribution in [0, 0.1) is 5.92 Å². The first-order valence-electron chi connectivity index (χ1n) is 10.2. The van der Waals surface area contributed by atoms with Crippen LogP contribution in [0.3, 0.4) is 0 Å². The van der Waals surface area contributed by atoms with Gasteiger partial charge in [-0.3, -0.25) is 0 Å². The number of aromatic nitrogens is 5. The molecule has 8 heteroatoms. The number of piperidine rings is 2. The molecule has 0 radical (unpaired) electrons. The maximum absolute atomic E-state index is 15.0. The van der Waals surface area contributed by atoms with Gasteiger partial charge >= 0.3 is 0 Å². The van der Waals surface area contributed by atoms with Crippen molar-refractivity contribution in [3.8, 4) is 22.7 Å². The summed E-state index contributed by atoms with van der Waals surface area (Å²) in [6.45, 7) is 4.10. The molecule has 0 amide bonds. The van der Waals surface area contributed by atoms with Crippen LogP contribution in [0.4, 0.5) is 4.39 Å². The van der Waals surface area contributed by atoms with E-state index < -0.39 is 6.17 Å². The molecule has 2 saturated heterocycles. The number of allylic oxidation sites excluding steroid dienone is 1. The first kappa shape index (κ1) is 18.9. The van der Waals surface area contributed by atoms with E-state index in [2.05, 4.69) is 32.1 Å². The van der Waals surface area contributed by atoms with Gasteiger partial charge in [0, 0.05) is 42.0 Å². The van der Waals surface area contributed by atoms with Gasteiger partial charge in [0.15, 0.2) is 5.82 Å². The summed E-state index contributed by atoms with van der Waals surface area (Å²) < 4.78 is 16.8. The van der Waals surface area contributed by atoms with Gasteiger partial charge in [0.25, 0.3) is 0 Å². The number of rotatable bonds is 4. The molecule has 0 spiro atoms. The van der Waals surface area contributed by atoms with Crippen molar-refractivity contribution < 1.29 is 9.50 Å². The molecule has 0 saturated carbocycles. The molecule has 0 unspecified atom stereocenters. The van der Waals surface area contributed by atoms with Crippen LogP contribution in [0.2, 0.25) is 0 Å². The molecule has 2 aliphatic heterocycles. The highest BCUT2D eigenvalue weighted by Gasteiger charge is 2.41. The second-order valence-electron chi connectivity index (χ2n) is 8.05. The van der Waals surface area contributed by atoms with Gasteiger partial charge in [0.2, 0.25) is 0 Å². The van der Waals surface area contributed by atoms with Crippen LogP contribution in [0.5, 0.6) is 5.75 Å². The highest BCUT2D eigenvalue weighted by atomic mass is 19.1. The van der Waals surface area contributed by atoms with E-state index in [1.807, 2.05) is 6.07 Å². The van der Waals surface area contributed by atoms with Gasteiger partial charge in [0.1, 0.15) is 17.6 Å². The van der Waals surface area contributed by atoms with Crippen LogP contribution in [0.25, 0.3) is 22.5 Å². The summed E-state index contributed by atoms with van der Waals surface area (Å²) in [6, 6.07) is 5.46. The van der Waals surface area contributed by atoms with E-state index in [-0.39, 0.29) is 17.7 Å². The lowest BCUT2D eigenvalue weighted by Crippen LogP contribution is -2.55. The fourth-order valence-corrected chi connectivity index (χ4v) is 4.56. The number of hydrogen-bond donors (Lipinski definition) is 2. The number of hydrogen-bond acceptors (Lipinski definition) is 6. The largest absolute Gasteiger partial charge is 0.507 e. The van der Waals surface area contributed by atoms with Crippen molar-refractivity contribution in [2.24, 2.45) is 5.92 Å². The third-order valence-electron chi connectivity index (χ3n) is 6.18. The third-order valence-corrected chi connectivity index (χ3v) is 6.18. The Balaban J connectivity index is 1.36. The minimum atomic E-state index is -0.989. The number of aromatic hydroxyl groups is 1. The van der Waals surface area contributed by atoms with Gasteiger partial charge < -0.3 is 15.0 Å². The predicted octanol–water partition coefficient (Wildman–Crippen LogP) is 3.31. The molecule has 30 heavy (non-hydrogen) atoms. The van der Waals surface area contributed by atoms with Crippen LogP contribution in [0.15, 0.2) is 49.7 Å². The summed E-state index contributed by atoms with van der Waals surface area (Å²) in [5.41, 5.74) is 2.35. The monoisotopic (exact) mass is 406 g/mol. The molecule has 2 fully saturated rings. The normalized spacial score (nSPS) is 25.8. The first-order valence-corrected chi connectivity index (χ1v) is 10.2. The number of fused-ring (bicyclic) bond motifs is 2. The zero-order chi connectivity index (χ0) is 20.7. The van der Waals surface area contributed by atoms with Gasteiger partial charge in [-0.05, 0) is 37.0 Å². The average Bonchev–Trinajstić information content (AvgIpc) is 3.31. The molecule has 3 aromatic rings. The molecule has 2 bridgehead atoms. The maximum Gasteiger partial charge on any atom is 0.177 e. The van der Waals surface area contributed by atoms with Gasteiger partial charge in [-0.25, -0.2) is 14.4 Å². The van der Waals surface area contributed by atoms with E-state index in [0.717, 1.165) is 24.9 Å². The van der Waals surface area contributed by atoms with Crippen molar-refractivity contribution in [2.75, 3.05) is 0 Å². The Morgan fingerprint density at radius 1 is 1.27 bits per heavy atom. The number of nitrogens with zero attached hydrogens (tertiary/aromatic N) is 5. The van der Waals surface area contributed by atoms with Crippen LogP contribution < -0.4 is 5.32 Å². The Labute approximate surface area is 173 Å². The number of halogens is 1. The number of nitrogens with one attached hydrogen (secondary N) is 1. The second-order valence-corrected chi connectivity index (χ2v) is 8.05. The number of imidazole rings is 1. The minimum absolute atomic E-state index is 0.0684. The summed E-state index contributed by atoms with van der Waals surface area (Å²) in [4.78, 5) is 8.39. The van der Waals surface area contributed by atoms with Crippen molar-refractivity contribution in [1.82, 2.24) is 30.0 Å². The Morgan fingerprint density at radius 2 is 2.17 bits per heavy atom. The molecule has 2 aromatic heterocycles. The maximum atomic E-state index is 15.0. The molecule has 0 aliphatic carbocycles. The lowest BCUT2D eigenvalue weighted by molar-refractivity contribution is 0.0980. The summed E-state index contributed by atoms with van der Waals surface area (Å²) in [5.74, 6) is 0.136. The standard InChI is InChI=1S/C22H23FN6O/c1-13(17-9-14-3-2-4-18(26-14)21(17)23)22-25-11-19(27-28-22)16-6-5-15(10-20(16)30)29-8-7-24-12-29/h5-8,10-12,14,17-18,21,26,30H,1-4,9H2/t14-,17+,18+,21-/m1/s1. The highest BCUT2D eigenvalue weighted by Crippen LogP contribution is 2.38. The van der Waals surface area contributed by atoms with Gasteiger partial charge in [-0.1, -0.05) is 13.0 Å². The van der Waals surface area contributed by atoms with Gasteiger partial charge in [-0.2, -0.15) is 0 Å². The fourth-order valence-electron chi connectivity index (χ4n) is 4.56. The van der Waals surface area contributed by atoms with E-state index in [9.17, 15) is 9.50 Å². The highest BCUT2D eigenvalue weighted by molar-refractivity contribution is 5.68. The summed E-state index contributed by atoms with van der Waals surface area (Å²) in [5, 5.41) is 22.3. The molecule has 4 atom stereocenters. The summed E-state index contributed by atoms with van der Waals surface area (Å²) in [7, 11) is 0. The molecule has 5 rings (SSSR count). The van der Waals surface area contributed by atoms with Crippen LogP contribution in [-0.4, -0.2) is 48.1 Å². The SMILES string of the molecule is C=C(c1ncc(-c2ccc(-n3ccnc3)cc2O)nn1)[C@@H]1C[C@H]2CCC[C@H](N2)[C@@H]1F. The molecule has 154 valence electrons. The van der Waals surface area contributed by atoms with Crippen molar-refractivity contribution >= 4 is 5.57 Å². The molecule has 2 N–H and O–H groups in total. The van der Waals surface area contributed by atoms with E-state index >= 15 is 0 Å². The molecular formula is C22H23FN6O. The predicted molar refractivity (Wildman–Crippen MR) is 111 cm³/mol. The Bertz CT molecular complexity index is 1050. The van der Waals surface area contributed by atoms with Crippen LogP contribution in [0.1, 0.15) is 31.5 Å². The quantitative estimate of drug-likeness (QED) is 0.691. The Kier molecular flexibility index (Phi) is 4.78. The lowest BCUT2D eigenvalue weighted by Gasteiger charge is -2.43. The lowest BCUT2D eigenvalue weighted by atomic mass is 9.76. The van der Waals surface area contributed by atoms with Crippen LogP contribution in [-0.2, 0) is 0 Å². The van der Waals surface area contributed by atoms with E-state index in [4.69, 9.17) is 0 Å². The third kappa shape index (κ3) is 3.37. The van der Waals surface area contributed by atoms with E-state index in [1.165, 1.54) is 0 Å². The number of phenols is 1. The van der Waals surface area contributed by atoms with Crippen LogP contribution >= 0.6 is 0 Å². The van der Waals surface area contributed by atoms with Gasteiger partial charge in [0.05, 0.1) is 18.2 Å². The van der Waals surface area contributed by atoms with E-state index in [0.29, 0.717) is 35.1 Å². The Hall–Kier alpha value is -3.13. The molecular weight excluding hydrogens is 383 g/mol. The van der Waals surface area contributed by atoms with Crippen molar-refractivity contribution in [2.45, 2.75) is 43.9 Å². The van der Waals surface area contributed by atoms with Crippen molar-refractivity contribution in [3.05, 3.63) is 55.5 Å². The van der Waals surface area contributed by atoms with Crippen molar-refractivity contribution in [1.29, 1.82) is 0 Å². The zero-order valence-corrected chi connectivity index (χ0v) is 16.4. The molecule has 7 nitrogen and oxygen atoms in total. The zero-order valence-electron chi connectivity index (χ0n) is 16.4. The van der Waals surface area contributed by atoms with E-state index in [1.54, 1.807) is 41.6 Å². The smallest absolute Gasteiger partial charge is 0.177 e. The second kappa shape index (κ2) is 7.60. The average molecular weight is 406 g/mol. The molecule has 2 aliphatic rings. The number of phenolic OH excluding ortho intramolecular Hbond substituents is 1. The Morgan fingerprint density at radius 3 is 2.90 bits per heavy atom. The van der Waals surface area contributed by atoms with Gasteiger partial charge in [-0.15, -0.1) is 10.2 Å². The molecule has 4 heterocycles. The fraction of sp³-hybridized carbons (Fsp3) is 0.364. The summed E-state index contributed by atoms with van der Waals surface area (Å²) in [6.07, 6.45) is 9.38. The number of alkyl halides is 1. The number of benzene rings is 1.